The van der Waals surface area contributed by atoms with Gasteiger partial charge >= 0.3 is 0 Å². The molecule has 6 nitrogen and oxygen atoms in total. The highest BCUT2D eigenvalue weighted by atomic mass is 35.5. The van der Waals surface area contributed by atoms with E-state index in [1.807, 2.05) is 18.2 Å². The monoisotopic (exact) mass is 387 g/mol. The molecule has 1 atom stereocenters. The maximum absolute atomic E-state index is 10.9. The molecule has 136 valence electrons. The highest BCUT2D eigenvalue weighted by molar-refractivity contribution is 6.32. The Balaban J connectivity index is 1.92. The Kier molecular flexibility index (Phi) is 4.75. The van der Waals surface area contributed by atoms with E-state index in [9.17, 15) is 10.4 Å². The van der Waals surface area contributed by atoms with Crippen LogP contribution < -0.4 is 5.32 Å². The molecular weight excluding hydrogens is 374 g/mol. The van der Waals surface area contributed by atoms with Crippen LogP contribution in [-0.2, 0) is 0 Å². The number of rotatable bonds is 4. The number of pyridine rings is 1. The minimum Gasteiger partial charge on any atom is -0.505 e. The molecule has 7 heteroatoms. The zero-order valence-electron chi connectivity index (χ0n) is 14.5. The van der Waals surface area contributed by atoms with Crippen molar-refractivity contribution in [3.05, 3.63) is 88.8 Å². The topological polar surface area (TPSA) is 94.7 Å². The molecule has 0 aliphatic carbocycles. The molecule has 0 amide bonds. The second kappa shape index (κ2) is 7.51. The van der Waals surface area contributed by atoms with Gasteiger partial charge in [0.15, 0.2) is 0 Å². The molecule has 2 N–H and O–H groups in total. The summed E-state index contributed by atoms with van der Waals surface area (Å²) in [5, 5.41) is 24.6. The number of nitrogens with zero attached hydrogens (tertiary/aromatic N) is 4. The molecule has 0 radical (unpaired) electrons. The van der Waals surface area contributed by atoms with Crippen molar-refractivity contribution in [3.8, 4) is 11.8 Å². The fraction of sp³-hybridized carbons (Fsp3) is 0.0476. The number of halogens is 1. The largest absolute Gasteiger partial charge is 0.505 e. The summed E-state index contributed by atoms with van der Waals surface area (Å²) >= 11 is 6.49. The maximum atomic E-state index is 10.9. The molecule has 0 saturated carbocycles. The number of nitriles is 1. The lowest BCUT2D eigenvalue weighted by Gasteiger charge is -2.22. The summed E-state index contributed by atoms with van der Waals surface area (Å²) in [4.78, 5) is 12.7. The second-order valence-electron chi connectivity index (χ2n) is 6.05. The molecular formula is C21H14ClN5O. The standard InChI is InChI=1S/C21H14ClN5O/c22-17-14(12-23)4-1-6-15(17)19(27-21-25-10-3-11-26-21)16-8-7-13-5-2-9-24-18(13)20(16)28/h1-11,19,28H,(H,25,26,27). The van der Waals surface area contributed by atoms with E-state index in [0.29, 0.717) is 33.2 Å². The van der Waals surface area contributed by atoms with E-state index in [0.717, 1.165) is 5.39 Å². The van der Waals surface area contributed by atoms with Gasteiger partial charge in [-0.3, -0.25) is 4.98 Å². The number of aromatic nitrogens is 3. The normalized spacial score (nSPS) is 11.7. The first kappa shape index (κ1) is 17.7. The maximum Gasteiger partial charge on any atom is 0.223 e. The highest BCUT2D eigenvalue weighted by Crippen LogP contribution is 2.38. The van der Waals surface area contributed by atoms with E-state index in [2.05, 4.69) is 26.3 Å². The average molecular weight is 388 g/mol. The highest BCUT2D eigenvalue weighted by Gasteiger charge is 2.24. The number of phenols is 1. The molecule has 2 heterocycles. The van der Waals surface area contributed by atoms with Crippen LogP contribution in [0.1, 0.15) is 22.7 Å². The first-order valence-electron chi connectivity index (χ1n) is 8.47. The molecule has 4 rings (SSSR count). The molecule has 0 aliphatic rings. The number of anilines is 1. The predicted molar refractivity (Wildman–Crippen MR) is 107 cm³/mol. The third-order valence-electron chi connectivity index (χ3n) is 4.39. The van der Waals surface area contributed by atoms with Gasteiger partial charge < -0.3 is 10.4 Å². The van der Waals surface area contributed by atoms with Crippen LogP contribution in [-0.4, -0.2) is 20.1 Å². The number of phenolic OH excluding ortho intramolecular Hbond substituents is 1. The number of nitrogens with one attached hydrogen (secondary N) is 1. The molecule has 1 unspecified atom stereocenters. The molecule has 2 aromatic carbocycles. The molecule has 0 bridgehead atoms. The minimum absolute atomic E-state index is 0.0324. The average Bonchev–Trinajstić information content (AvgIpc) is 2.74. The fourth-order valence-corrected chi connectivity index (χ4v) is 3.34. The summed E-state index contributed by atoms with van der Waals surface area (Å²) in [5.41, 5.74) is 2.00. The number of fused-ring (bicyclic) bond motifs is 1. The smallest absolute Gasteiger partial charge is 0.223 e. The lowest BCUT2D eigenvalue weighted by molar-refractivity contribution is 0.471. The van der Waals surface area contributed by atoms with Crippen LogP contribution in [0.5, 0.6) is 5.75 Å². The van der Waals surface area contributed by atoms with Crippen LogP contribution in [0, 0.1) is 11.3 Å². The van der Waals surface area contributed by atoms with Crippen molar-refractivity contribution in [2.24, 2.45) is 0 Å². The van der Waals surface area contributed by atoms with Crippen LogP contribution in [0.4, 0.5) is 5.95 Å². The minimum atomic E-state index is -0.588. The SMILES string of the molecule is N#Cc1cccc(C(Nc2ncccn2)c2ccc3cccnc3c2O)c1Cl. The van der Waals surface area contributed by atoms with E-state index >= 15 is 0 Å². The quantitative estimate of drug-likeness (QED) is 0.537. The Morgan fingerprint density at radius 1 is 0.929 bits per heavy atom. The van der Waals surface area contributed by atoms with Gasteiger partial charge in [0.25, 0.3) is 0 Å². The zero-order valence-corrected chi connectivity index (χ0v) is 15.3. The van der Waals surface area contributed by atoms with Crippen molar-refractivity contribution in [1.29, 1.82) is 5.26 Å². The van der Waals surface area contributed by atoms with Gasteiger partial charge in [-0.25, -0.2) is 9.97 Å². The van der Waals surface area contributed by atoms with Gasteiger partial charge in [-0.2, -0.15) is 5.26 Å². The summed E-state index contributed by atoms with van der Waals surface area (Å²) in [6.07, 6.45) is 4.85. The Morgan fingerprint density at radius 3 is 2.50 bits per heavy atom. The van der Waals surface area contributed by atoms with Gasteiger partial charge in [-0.15, -0.1) is 0 Å². The van der Waals surface area contributed by atoms with Crippen LogP contribution >= 0.6 is 11.6 Å². The van der Waals surface area contributed by atoms with Crippen LogP contribution in [0.2, 0.25) is 5.02 Å². The molecule has 0 spiro atoms. The van der Waals surface area contributed by atoms with Gasteiger partial charge in [0.1, 0.15) is 17.3 Å². The number of benzene rings is 2. The van der Waals surface area contributed by atoms with Gasteiger partial charge in [0.05, 0.1) is 16.6 Å². The van der Waals surface area contributed by atoms with Crippen LogP contribution in [0.15, 0.2) is 67.1 Å². The van der Waals surface area contributed by atoms with Crippen molar-refractivity contribution in [2.45, 2.75) is 6.04 Å². The summed E-state index contributed by atoms with van der Waals surface area (Å²) < 4.78 is 0. The third kappa shape index (κ3) is 3.20. The van der Waals surface area contributed by atoms with Crippen molar-refractivity contribution in [1.82, 2.24) is 15.0 Å². The van der Waals surface area contributed by atoms with Crippen molar-refractivity contribution in [3.63, 3.8) is 0 Å². The number of hydrogen-bond acceptors (Lipinski definition) is 6. The summed E-state index contributed by atoms with van der Waals surface area (Å²) in [7, 11) is 0. The van der Waals surface area contributed by atoms with Crippen molar-refractivity contribution >= 4 is 28.5 Å². The van der Waals surface area contributed by atoms with Gasteiger partial charge in [0, 0.05) is 29.5 Å². The Morgan fingerprint density at radius 2 is 1.71 bits per heavy atom. The fourth-order valence-electron chi connectivity index (χ4n) is 3.06. The first-order chi connectivity index (χ1) is 13.7. The lowest BCUT2D eigenvalue weighted by atomic mass is 9.95. The first-order valence-corrected chi connectivity index (χ1v) is 8.85. The lowest BCUT2D eigenvalue weighted by Crippen LogP contribution is -2.15. The van der Waals surface area contributed by atoms with Crippen molar-refractivity contribution < 1.29 is 5.11 Å². The van der Waals surface area contributed by atoms with E-state index in [1.54, 1.807) is 48.9 Å². The van der Waals surface area contributed by atoms with Gasteiger partial charge in [-0.05, 0) is 23.8 Å². The van der Waals surface area contributed by atoms with Crippen LogP contribution in [0.25, 0.3) is 10.9 Å². The molecule has 0 aliphatic heterocycles. The Bertz CT molecular complexity index is 1190. The van der Waals surface area contributed by atoms with E-state index in [1.165, 1.54) is 0 Å². The van der Waals surface area contributed by atoms with Crippen LogP contribution in [0.3, 0.4) is 0 Å². The van der Waals surface area contributed by atoms with E-state index in [-0.39, 0.29) is 5.75 Å². The van der Waals surface area contributed by atoms with Crippen molar-refractivity contribution in [2.75, 3.05) is 5.32 Å². The second-order valence-corrected chi connectivity index (χ2v) is 6.43. The Labute approximate surface area is 166 Å². The zero-order chi connectivity index (χ0) is 19.5. The molecule has 4 aromatic rings. The molecule has 28 heavy (non-hydrogen) atoms. The Hall–Kier alpha value is -3.69. The predicted octanol–water partition coefficient (Wildman–Crippen LogP) is 4.46. The molecule has 2 aromatic heterocycles. The number of aromatic hydroxyl groups is 1. The van der Waals surface area contributed by atoms with E-state index < -0.39 is 6.04 Å². The van der Waals surface area contributed by atoms with Gasteiger partial charge in [0.2, 0.25) is 5.95 Å². The molecule has 0 fully saturated rings. The molecule has 0 saturated heterocycles. The summed E-state index contributed by atoms with van der Waals surface area (Å²) in [6.45, 7) is 0. The summed E-state index contributed by atoms with van der Waals surface area (Å²) in [5.74, 6) is 0.399. The number of hydrogen-bond donors (Lipinski definition) is 2. The van der Waals surface area contributed by atoms with E-state index in [4.69, 9.17) is 11.6 Å². The summed E-state index contributed by atoms with van der Waals surface area (Å²) in [6, 6.07) is 15.7. The third-order valence-corrected chi connectivity index (χ3v) is 4.81. The van der Waals surface area contributed by atoms with Gasteiger partial charge in [-0.1, -0.05) is 41.9 Å².